The predicted molar refractivity (Wildman–Crippen MR) is 159 cm³/mol. The zero-order chi connectivity index (χ0) is 27.4. The number of aliphatic imine (C=N–C) groups is 1. The molecule has 39 heavy (non-hydrogen) atoms. The van der Waals surface area contributed by atoms with Gasteiger partial charge < -0.3 is 5.32 Å². The van der Waals surface area contributed by atoms with Crippen LogP contribution in [-0.2, 0) is 0 Å². The summed E-state index contributed by atoms with van der Waals surface area (Å²) in [6.45, 7) is 6.01. The highest BCUT2D eigenvalue weighted by molar-refractivity contribution is 5.88. The molecule has 0 amide bonds. The topological polar surface area (TPSA) is 66.0 Å². The summed E-state index contributed by atoms with van der Waals surface area (Å²) < 4.78 is 13.8. The number of aryl methyl sites for hydroxylation is 1. The monoisotopic (exact) mass is 519 g/mol. The van der Waals surface area contributed by atoms with Gasteiger partial charge in [-0.05, 0) is 85.7 Å². The number of pyridine rings is 1. The molecule has 6 heteroatoms. The van der Waals surface area contributed by atoms with Gasteiger partial charge in [0, 0.05) is 24.4 Å². The minimum atomic E-state index is -0.322. The summed E-state index contributed by atoms with van der Waals surface area (Å²) in [4.78, 5) is 8.74. The molecule has 2 aromatic heterocycles. The molecule has 0 saturated heterocycles. The van der Waals surface area contributed by atoms with Crippen LogP contribution in [0.5, 0.6) is 0 Å². The van der Waals surface area contributed by atoms with Crippen molar-refractivity contribution in [1.82, 2.24) is 20.5 Å². The van der Waals surface area contributed by atoms with E-state index in [1.807, 2.05) is 13.3 Å². The highest BCUT2D eigenvalue weighted by Crippen LogP contribution is 2.41. The molecule has 3 aliphatic carbocycles. The zero-order valence-corrected chi connectivity index (χ0v) is 22.8. The summed E-state index contributed by atoms with van der Waals surface area (Å²) in [5, 5.41) is 10.7. The fourth-order valence-electron chi connectivity index (χ4n) is 5.01. The number of H-pyrrole nitrogens is 1. The molecule has 5 nitrogen and oxygen atoms in total. The van der Waals surface area contributed by atoms with E-state index in [9.17, 15) is 4.39 Å². The SMILES string of the molecule is C=C(/C=C(\C=NC)C1=CCC=C2\C=C/C(c3cn[nH]c3-c3ccc(F)c(C)n3)=C/C=C/C2=C1)CC1(NC)CC1. The van der Waals surface area contributed by atoms with Crippen molar-refractivity contribution in [3.63, 3.8) is 0 Å². The van der Waals surface area contributed by atoms with Crippen LogP contribution in [0, 0.1) is 12.7 Å². The molecule has 198 valence electrons. The van der Waals surface area contributed by atoms with Crippen LogP contribution in [0.2, 0.25) is 0 Å². The second-order valence-corrected chi connectivity index (χ2v) is 10.2. The maximum absolute atomic E-state index is 13.8. The minimum absolute atomic E-state index is 0.213. The van der Waals surface area contributed by atoms with E-state index in [2.05, 4.69) is 86.8 Å². The molecule has 2 N–H and O–H groups in total. The van der Waals surface area contributed by atoms with Crippen molar-refractivity contribution < 1.29 is 4.39 Å². The fraction of sp³-hybridized carbons (Fsp3) is 0.242. The lowest BCUT2D eigenvalue weighted by Gasteiger charge is -2.15. The van der Waals surface area contributed by atoms with Gasteiger partial charge in [-0.3, -0.25) is 10.1 Å². The number of allylic oxidation sites excluding steroid dienone is 14. The van der Waals surface area contributed by atoms with Crippen molar-refractivity contribution in [3.8, 4) is 11.4 Å². The number of nitrogens with zero attached hydrogens (tertiary/aromatic N) is 3. The molecule has 0 unspecified atom stereocenters. The average molecular weight is 520 g/mol. The molecule has 0 bridgehead atoms. The van der Waals surface area contributed by atoms with E-state index >= 15 is 0 Å². The molecular weight excluding hydrogens is 485 g/mol. The van der Waals surface area contributed by atoms with E-state index in [0.717, 1.165) is 57.5 Å². The van der Waals surface area contributed by atoms with Gasteiger partial charge in [0.2, 0.25) is 0 Å². The van der Waals surface area contributed by atoms with E-state index in [-0.39, 0.29) is 11.4 Å². The number of hydrogen-bond acceptors (Lipinski definition) is 4. The first-order chi connectivity index (χ1) is 18.9. The molecule has 1 saturated carbocycles. The van der Waals surface area contributed by atoms with Gasteiger partial charge in [0.1, 0.15) is 5.82 Å². The molecule has 3 aliphatic rings. The van der Waals surface area contributed by atoms with E-state index < -0.39 is 0 Å². The maximum atomic E-state index is 13.8. The van der Waals surface area contributed by atoms with Crippen molar-refractivity contribution in [2.45, 2.75) is 38.1 Å². The van der Waals surface area contributed by atoms with E-state index in [0.29, 0.717) is 11.4 Å². The first-order valence-electron chi connectivity index (χ1n) is 13.3. The van der Waals surface area contributed by atoms with Crippen LogP contribution in [-0.4, -0.2) is 41.0 Å². The van der Waals surface area contributed by atoms with Crippen molar-refractivity contribution >= 4 is 11.8 Å². The zero-order valence-electron chi connectivity index (χ0n) is 22.8. The Bertz CT molecular complexity index is 1530. The average Bonchev–Trinajstić information content (AvgIpc) is 3.56. The summed E-state index contributed by atoms with van der Waals surface area (Å²) in [5.74, 6) is -0.322. The van der Waals surface area contributed by atoms with Crippen LogP contribution in [0.3, 0.4) is 0 Å². The van der Waals surface area contributed by atoms with Crippen molar-refractivity contribution in [1.29, 1.82) is 0 Å². The molecule has 2 heterocycles. The normalized spacial score (nSPS) is 21.4. The van der Waals surface area contributed by atoms with Gasteiger partial charge in [0.25, 0.3) is 0 Å². The number of nitrogens with one attached hydrogen (secondary N) is 2. The summed E-state index contributed by atoms with van der Waals surface area (Å²) in [6.07, 6.45) is 27.2. The Morgan fingerprint density at radius 1 is 1.18 bits per heavy atom. The molecule has 0 radical (unpaired) electrons. The van der Waals surface area contributed by atoms with Crippen molar-refractivity contribution in [2.24, 2.45) is 4.99 Å². The lowest BCUT2D eigenvalue weighted by molar-refractivity contribution is 0.551. The van der Waals surface area contributed by atoms with E-state index in [1.54, 1.807) is 26.2 Å². The summed E-state index contributed by atoms with van der Waals surface area (Å²) in [5.41, 5.74) is 9.47. The van der Waals surface area contributed by atoms with Crippen molar-refractivity contribution in [3.05, 3.63) is 125 Å². The van der Waals surface area contributed by atoms with Gasteiger partial charge in [-0.2, -0.15) is 5.10 Å². The summed E-state index contributed by atoms with van der Waals surface area (Å²) >= 11 is 0. The van der Waals surface area contributed by atoms with Gasteiger partial charge in [-0.25, -0.2) is 9.37 Å². The van der Waals surface area contributed by atoms with Gasteiger partial charge in [0.05, 0.1) is 23.3 Å². The molecule has 2 aromatic rings. The van der Waals surface area contributed by atoms with Crippen LogP contribution >= 0.6 is 0 Å². The van der Waals surface area contributed by atoms with E-state index in [1.165, 1.54) is 18.9 Å². The maximum Gasteiger partial charge on any atom is 0.144 e. The predicted octanol–water partition coefficient (Wildman–Crippen LogP) is 6.94. The molecule has 0 aliphatic heterocycles. The van der Waals surface area contributed by atoms with Crippen LogP contribution in [0.1, 0.15) is 36.9 Å². The van der Waals surface area contributed by atoms with Crippen LogP contribution < -0.4 is 5.32 Å². The third-order valence-corrected chi connectivity index (χ3v) is 7.45. The number of hydrogen-bond donors (Lipinski definition) is 2. The fourth-order valence-corrected chi connectivity index (χ4v) is 5.01. The number of halogens is 1. The molecule has 1 fully saturated rings. The highest BCUT2D eigenvalue weighted by Gasteiger charge is 2.40. The van der Waals surface area contributed by atoms with Crippen molar-refractivity contribution in [2.75, 3.05) is 14.1 Å². The Balaban J connectivity index is 1.42. The molecule has 0 atom stereocenters. The van der Waals surface area contributed by atoms with Gasteiger partial charge >= 0.3 is 0 Å². The number of fused-ring (bicyclic) bond motifs is 1. The Hall–Kier alpha value is -4.16. The van der Waals surface area contributed by atoms with Crippen LogP contribution in [0.25, 0.3) is 17.0 Å². The first kappa shape index (κ1) is 26.4. The quantitative estimate of drug-likeness (QED) is 0.293. The Morgan fingerprint density at radius 3 is 2.74 bits per heavy atom. The molecule has 0 spiro atoms. The third-order valence-electron chi connectivity index (χ3n) is 7.45. The largest absolute Gasteiger partial charge is 0.314 e. The Labute approximate surface area is 229 Å². The number of rotatable bonds is 8. The molecule has 5 rings (SSSR count). The Morgan fingerprint density at radius 2 is 2.00 bits per heavy atom. The first-order valence-corrected chi connectivity index (χ1v) is 13.3. The standard InChI is InChI=1S/C33H34FN5/c1-22(19-33(36-4)15-16-33)17-28(20-35-3)27-10-5-7-24-11-12-25(8-6-9-26(24)18-27)29-21-37-39-32(29)31-14-13-30(34)23(2)38-31/h6-14,17-18,20-21,36H,1,5,15-16,19H2,2-4H3,(H,37,39)/b9-6+,12-11-,25-8-,28-17+,35-20?. The summed E-state index contributed by atoms with van der Waals surface area (Å²) in [6, 6.07) is 3.11. The van der Waals surface area contributed by atoms with Gasteiger partial charge in [-0.15, -0.1) is 0 Å². The second-order valence-electron chi connectivity index (χ2n) is 10.2. The number of aromatic nitrogens is 3. The third kappa shape index (κ3) is 5.96. The van der Waals surface area contributed by atoms with E-state index in [4.69, 9.17) is 0 Å². The smallest absolute Gasteiger partial charge is 0.144 e. The van der Waals surface area contributed by atoms with Gasteiger partial charge in [0.15, 0.2) is 0 Å². The highest BCUT2D eigenvalue weighted by atomic mass is 19.1. The Kier molecular flexibility index (Phi) is 7.66. The van der Waals surface area contributed by atoms with Gasteiger partial charge in [-0.1, -0.05) is 60.8 Å². The molecular formula is C33H34FN5. The van der Waals surface area contributed by atoms with Crippen LogP contribution in [0.15, 0.2) is 112 Å². The lowest BCUT2D eigenvalue weighted by Crippen LogP contribution is -2.27. The lowest BCUT2D eigenvalue weighted by atomic mass is 9.95. The molecule has 0 aromatic carbocycles. The second kappa shape index (κ2) is 11.3. The van der Waals surface area contributed by atoms with Crippen LogP contribution in [0.4, 0.5) is 4.39 Å². The summed E-state index contributed by atoms with van der Waals surface area (Å²) in [7, 11) is 3.84. The number of aromatic amines is 1. The minimum Gasteiger partial charge on any atom is -0.314 e.